The zero-order valence-corrected chi connectivity index (χ0v) is 7.71. The first kappa shape index (κ1) is 7.55. The average Bonchev–Trinajstić information content (AvgIpc) is 2.65. The molecule has 0 radical (unpaired) electrons. The van der Waals surface area contributed by atoms with Crippen LogP contribution in [0, 0.1) is 0 Å². The summed E-state index contributed by atoms with van der Waals surface area (Å²) in [5.74, 6) is 0. The van der Waals surface area contributed by atoms with E-state index in [4.69, 9.17) is 0 Å². The van der Waals surface area contributed by atoms with Crippen LogP contribution >= 0.6 is 11.3 Å². The lowest BCUT2D eigenvalue weighted by Gasteiger charge is -1.98. The van der Waals surface area contributed by atoms with Crippen LogP contribution in [-0.2, 0) is 13.5 Å². The van der Waals surface area contributed by atoms with Gasteiger partial charge in [0.05, 0.1) is 6.33 Å². The van der Waals surface area contributed by atoms with Crippen molar-refractivity contribution in [2.45, 2.75) is 6.42 Å². The molecule has 0 amide bonds. The van der Waals surface area contributed by atoms with Crippen LogP contribution in [0.4, 0.5) is 0 Å². The third-order valence-electron chi connectivity index (χ3n) is 1.88. The molecule has 0 aliphatic carbocycles. The molecule has 62 valence electrons. The second-order valence-corrected chi connectivity index (χ2v) is 3.58. The smallest absolute Gasteiger partial charge is 0.0945 e. The Balaban J connectivity index is 2.20. The van der Waals surface area contributed by atoms with Crippen molar-refractivity contribution < 1.29 is 0 Å². The summed E-state index contributed by atoms with van der Waals surface area (Å²) in [6.45, 7) is 0. The van der Waals surface area contributed by atoms with Gasteiger partial charge < -0.3 is 4.57 Å². The molecule has 2 aromatic rings. The zero-order valence-electron chi connectivity index (χ0n) is 6.90. The molecule has 0 N–H and O–H groups in total. The second-order valence-electron chi connectivity index (χ2n) is 2.80. The van der Waals surface area contributed by atoms with Crippen molar-refractivity contribution in [3.63, 3.8) is 0 Å². The number of hydrogen-bond donors (Lipinski definition) is 0. The van der Waals surface area contributed by atoms with Gasteiger partial charge in [0, 0.05) is 25.4 Å². The van der Waals surface area contributed by atoms with Gasteiger partial charge in [-0.2, -0.15) is 11.3 Å². The molecular formula is C9H10N2S. The Kier molecular flexibility index (Phi) is 1.96. The summed E-state index contributed by atoms with van der Waals surface area (Å²) >= 11 is 1.74. The number of thiophene rings is 1. The summed E-state index contributed by atoms with van der Waals surface area (Å²) in [5, 5.41) is 4.28. The molecule has 0 aromatic carbocycles. The number of nitrogens with zero attached hydrogens (tertiary/aromatic N) is 2. The Bertz CT molecular complexity index is 348. The van der Waals surface area contributed by atoms with Gasteiger partial charge in [-0.05, 0) is 22.4 Å². The van der Waals surface area contributed by atoms with E-state index in [1.54, 1.807) is 11.3 Å². The summed E-state index contributed by atoms with van der Waals surface area (Å²) in [6, 6.07) is 2.15. The zero-order chi connectivity index (χ0) is 8.39. The van der Waals surface area contributed by atoms with Crippen molar-refractivity contribution in [1.82, 2.24) is 9.55 Å². The Hall–Kier alpha value is -1.09. The number of hydrogen-bond acceptors (Lipinski definition) is 2. The van der Waals surface area contributed by atoms with Gasteiger partial charge in [0.15, 0.2) is 0 Å². The van der Waals surface area contributed by atoms with Crippen LogP contribution in [0.3, 0.4) is 0 Å². The summed E-state index contributed by atoms with van der Waals surface area (Å²) in [4.78, 5) is 4.07. The fourth-order valence-electron chi connectivity index (χ4n) is 1.16. The summed E-state index contributed by atoms with van der Waals surface area (Å²) in [7, 11) is 2.02. The third-order valence-corrected chi connectivity index (χ3v) is 2.61. The first-order valence-corrected chi connectivity index (χ1v) is 4.77. The van der Waals surface area contributed by atoms with Gasteiger partial charge in [0.2, 0.25) is 0 Å². The predicted octanol–water partition coefficient (Wildman–Crippen LogP) is 2.07. The first-order valence-electron chi connectivity index (χ1n) is 3.82. The molecule has 2 heterocycles. The van der Waals surface area contributed by atoms with Crippen LogP contribution in [0.1, 0.15) is 11.3 Å². The van der Waals surface area contributed by atoms with E-state index in [9.17, 15) is 0 Å². The molecule has 0 unspecified atom stereocenters. The highest BCUT2D eigenvalue weighted by atomic mass is 32.1. The fourth-order valence-corrected chi connectivity index (χ4v) is 1.83. The molecule has 0 aliphatic rings. The number of imidazole rings is 1. The normalized spacial score (nSPS) is 10.4. The quantitative estimate of drug-likeness (QED) is 0.688. The van der Waals surface area contributed by atoms with E-state index < -0.39 is 0 Å². The molecule has 0 saturated heterocycles. The summed E-state index contributed by atoms with van der Waals surface area (Å²) in [6.07, 6.45) is 4.74. The maximum absolute atomic E-state index is 4.07. The van der Waals surface area contributed by atoms with E-state index >= 15 is 0 Å². The molecule has 12 heavy (non-hydrogen) atoms. The van der Waals surface area contributed by atoms with Gasteiger partial charge in [-0.3, -0.25) is 0 Å². The van der Waals surface area contributed by atoms with E-state index in [0.717, 1.165) is 6.42 Å². The summed E-state index contributed by atoms with van der Waals surface area (Å²) < 4.78 is 2.05. The molecule has 0 saturated carbocycles. The lowest BCUT2D eigenvalue weighted by molar-refractivity contribution is 0.846. The number of rotatable bonds is 2. The molecule has 2 nitrogen and oxygen atoms in total. The van der Waals surface area contributed by atoms with Crippen LogP contribution in [0.5, 0.6) is 0 Å². The van der Waals surface area contributed by atoms with Crippen LogP contribution in [-0.4, -0.2) is 9.55 Å². The van der Waals surface area contributed by atoms with Gasteiger partial charge in [0.1, 0.15) is 0 Å². The Morgan fingerprint density at radius 2 is 2.50 bits per heavy atom. The van der Waals surface area contributed by atoms with Crippen LogP contribution < -0.4 is 0 Å². The molecule has 0 aliphatic heterocycles. The molecule has 2 aromatic heterocycles. The minimum atomic E-state index is 0.986. The van der Waals surface area contributed by atoms with Crippen molar-refractivity contribution in [3.8, 4) is 0 Å². The van der Waals surface area contributed by atoms with Crippen LogP contribution in [0.15, 0.2) is 29.4 Å². The van der Waals surface area contributed by atoms with Gasteiger partial charge in [-0.25, -0.2) is 4.98 Å². The largest absolute Gasteiger partial charge is 0.337 e. The minimum absolute atomic E-state index is 0.986. The molecular weight excluding hydrogens is 168 g/mol. The van der Waals surface area contributed by atoms with Crippen molar-refractivity contribution in [3.05, 3.63) is 40.6 Å². The maximum atomic E-state index is 4.07. The fraction of sp³-hybridized carbons (Fsp3) is 0.222. The molecule has 0 fully saturated rings. The average molecular weight is 178 g/mol. The Labute approximate surface area is 75.5 Å². The lowest BCUT2D eigenvalue weighted by atomic mass is 10.2. The van der Waals surface area contributed by atoms with E-state index in [1.807, 2.05) is 19.6 Å². The van der Waals surface area contributed by atoms with Crippen molar-refractivity contribution in [2.24, 2.45) is 7.05 Å². The van der Waals surface area contributed by atoms with E-state index in [2.05, 4.69) is 26.4 Å². The van der Waals surface area contributed by atoms with Crippen molar-refractivity contribution in [1.29, 1.82) is 0 Å². The van der Waals surface area contributed by atoms with Gasteiger partial charge in [-0.1, -0.05) is 0 Å². The topological polar surface area (TPSA) is 17.8 Å². The highest BCUT2D eigenvalue weighted by Gasteiger charge is 1.99. The molecule has 0 bridgehead atoms. The Morgan fingerprint density at radius 1 is 1.58 bits per heavy atom. The van der Waals surface area contributed by atoms with Crippen LogP contribution in [0.2, 0.25) is 0 Å². The highest BCUT2D eigenvalue weighted by Crippen LogP contribution is 2.11. The third kappa shape index (κ3) is 1.41. The van der Waals surface area contributed by atoms with Gasteiger partial charge in [-0.15, -0.1) is 0 Å². The number of aryl methyl sites for hydroxylation is 1. The SMILES string of the molecule is Cn1cncc1Cc1ccsc1. The van der Waals surface area contributed by atoms with Crippen LogP contribution in [0.25, 0.3) is 0 Å². The van der Waals surface area contributed by atoms with E-state index in [-0.39, 0.29) is 0 Å². The van der Waals surface area contributed by atoms with Gasteiger partial charge >= 0.3 is 0 Å². The van der Waals surface area contributed by atoms with E-state index in [0.29, 0.717) is 0 Å². The molecule has 0 atom stereocenters. The lowest BCUT2D eigenvalue weighted by Crippen LogP contribution is -1.94. The predicted molar refractivity (Wildman–Crippen MR) is 50.3 cm³/mol. The Morgan fingerprint density at radius 3 is 3.08 bits per heavy atom. The standard InChI is InChI=1S/C9H10N2S/c1-11-7-10-5-9(11)4-8-2-3-12-6-8/h2-3,5-7H,4H2,1H3. The molecule has 2 rings (SSSR count). The van der Waals surface area contributed by atoms with E-state index in [1.165, 1.54) is 11.3 Å². The molecule has 3 heteroatoms. The van der Waals surface area contributed by atoms with Gasteiger partial charge in [0.25, 0.3) is 0 Å². The van der Waals surface area contributed by atoms with Crippen molar-refractivity contribution >= 4 is 11.3 Å². The minimum Gasteiger partial charge on any atom is -0.337 e. The second kappa shape index (κ2) is 3.11. The monoisotopic (exact) mass is 178 g/mol. The molecule has 0 spiro atoms. The highest BCUT2D eigenvalue weighted by molar-refractivity contribution is 7.07. The maximum Gasteiger partial charge on any atom is 0.0945 e. The number of aromatic nitrogens is 2. The van der Waals surface area contributed by atoms with Crippen molar-refractivity contribution in [2.75, 3.05) is 0 Å². The first-order chi connectivity index (χ1) is 5.86. The summed E-state index contributed by atoms with van der Waals surface area (Å²) in [5.41, 5.74) is 2.62.